The molecule has 1 aromatic rings. The number of ether oxygens (including phenoxy) is 1. The lowest BCUT2D eigenvalue weighted by molar-refractivity contribution is 0.232. The van der Waals surface area contributed by atoms with Gasteiger partial charge >= 0.3 is 0 Å². The summed E-state index contributed by atoms with van der Waals surface area (Å²) >= 11 is 0. The molecule has 1 atom stereocenters. The van der Waals surface area contributed by atoms with Crippen molar-refractivity contribution in [2.45, 2.75) is 52.2 Å². The highest BCUT2D eigenvalue weighted by Crippen LogP contribution is 2.40. The number of rotatable bonds is 6. The minimum Gasteiger partial charge on any atom is -0.475 e. The summed E-state index contributed by atoms with van der Waals surface area (Å²) in [6.07, 6.45) is 2.55. The van der Waals surface area contributed by atoms with Crippen LogP contribution >= 0.6 is 0 Å². The number of nitrogens with one attached hydrogen (secondary N) is 1. The van der Waals surface area contributed by atoms with Crippen LogP contribution in [-0.4, -0.2) is 28.2 Å². The predicted molar refractivity (Wildman–Crippen MR) is 76.3 cm³/mol. The van der Waals surface area contributed by atoms with Crippen LogP contribution in [0.1, 0.15) is 39.3 Å². The second-order valence-electron chi connectivity index (χ2n) is 5.86. The van der Waals surface area contributed by atoms with Gasteiger partial charge in [0.25, 0.3) is 0 Å². The largest absolute Gasteiger partial charge is 0.475 e. The van der Waals surface area contributed by atoms with E-state index in [1.807, 2.05) is 26.8 Å². The minimum absolute atomic E-state index is 0.103. The molecule has 1 aliphatic rings. The Kier molecular flexibility index (Phi) is 3.94. The lowest BCUT2D eigenvalue weighted by Crippen LogP contribution is -2.45. The fourth-order valence-corrected chi connectivity index (χ4v) is 2.19. The quantitative estimate of drug-likeness (QED) is 0.823. The predicted octanol–water partition coefficient (Wildman–Crippen LogP) is 2.11. The van der Waals surface area contributed by atoms with Gasteiger partial charge in [-0.1, -0.05) is 0 Å². The van der Waals surface area contributed by atoms with Crippen LogP contribution in [0.3, 0.4) is 0 Å². The highest BCUT2D eigenvalue weighted by atomic mass is 16.5. The second kappa shape index (κ2) is 5.33. The van der Waals surface area contributed by atoms with Gasteiger partial charge in [-0.2, -0.15) is 4.98 Å². The molecule has 1 fully saturated rings. The number of hydrogen-bond donors (Lipinski definition) is 2. The summed E-state index contributed by atoms with van der Waals surface area (Å²) in [5, 5.41) is 3.39. The van der Waals surface area contributed by atoms with Gasteiger partial charge < -0.3 is 15.8 Å². The van der Waals surface area contributed by atoms with Crippen LogP contribution < -0.4 is 15.8 Å². The van der Waals surface area contributed by atoms with Crippen molar-refractivity contribution in [3.8, 4) is 5.88 Å². The van der Waals surface area contributed by atoms with Crippen LogP contribution in [0.2, 0.25) is 0 Å². The molecule has 19 heavy (non-hydrogen) atoms. The fourth-order valence-electron chi connectivity index (χ4n) is 2.19. The Morgan fingerprint density at radius 3 is 2.68 bits per heavy atom. The Morgan fingerprint density at radius 2 is 2.16 bits per heavy atom. The molecule has 2 rings (SSSR count). The molecule has 0 aliphatic heterocycles. The molecule has 0 amide bonds. The number of hydrogen-bond acceptors (Lipinski definition) is 5. The molecule has 1 aliphatic carbocycles. The van der Waals surface area contributed by atoms with Crippen LogP contribution in [-0.2, 0) is 0 Å². The van der Waals surface area contributed by atoms with Gasteiger partial charge in [0.05, 0.1) is 11.6 Å². The first-order valence-electron chi connectivity index (χ1n) is 6.93. The van der Waals surface area contributed by atoms with Crippen molar-refractivity contribution in [2.24, 2.45) is 11.7 Å². The van der Waals surface area contributed by atoms with E-state index >= 15 is 0 Å². The van der Waals surface area contributed by atoms with E-state index in [1.165, 1.54) is 12.8 Å². The molecule has 5 nitrogen and oxygen atoms in total. The van der Waals surface area contributed by atoms with Crippen molar-refractivity contribution in [2.75, 3.05) is 11.9 Å². The van der Waals surface area contributed by atoms with Crippen LogP contribution in [0.5, 0.6) is 5.88 Å². The highest BCUT2D eigenvalue weighted by Gasteiger charge is 2.41. The van der Waals surface area contributed by atoms with E-state index in [0.29, 0.717) is 24.3 Å². The molecular formula is C14H24N4O. The molecule has 0 saturated heterocycles. The zero-order chi connectivity index (χ0) is 14.0. The normalized spacial score (nSPS) is 18.2. The summed E-state index contributed by atoms with van der Waals surface area (Å²) < 4.78 is 5.64. The number of aryl methyl sites for hydroxylation is 1. The number of anilines is 1. The monoisotopic (exact) mass is 264 g/mol. The summed E-state index contributed by atoms with van der Waals surface area (Å²) in [6, 6.07) is 1.85. The van der Waals surface area contributed by atoms with Crippen molar-refractivity contribution in [3.05, 3.63) is 11.8 Å². The molecule has 0 aromatic carbocycles. The van der Waals surface area contributed by atoms with Gasteiger partial charge in [0.15, 0.2) is 0 Å². The first kappa shape index (κ1) is 14.1. The smallest absolute Gasteiger partial charge is 0.226 e. The maximum Gasteiger partial charge on any atom is 0.226 e. The average Bonchev–Trinajstić information content (AvgIpc) is 3.10. The first-order chi connectivity index (χ1) is 8.93. The van der Waals surface area contributed by atoms with Gasteiger partial charge in [0, 0.05) is 18.3 Å². The highest BCUT2D eigenvalue weighted by molar-refractivity contribution is 5.35. The van der Waals surface area contributed by atoms with Gasteiger partial charge in [-0.15, -0.1) is 0 Å². The number of nitrogens with two attached hydrogens (primary N) is 1. The summed E-state index contributed by atoms with van der Waals surface area (Å²) in [4.78, 5) is 8.84. The first-order valence-corrected chi connectivity index (χ1v) is 6.93. The number of nitrogens with zero attached hydrogens (tertiary/aromatic N) is 2. The molecule has 1 heterocycles. The van der Waals surface area contributed by atoms with E-state index in [0.717, 1.165) is 5.69 Å². The zero-order valence-corrected chi connectivity index (χ0v) is 12.2. The topological polar surface area (TPSA) is 73.1 Å². The molecule has 1 saturated carbocycles. The summed E-state index contributed by atoms with van der Waals surface area (Å²) in [7, 11) is 0. The standard InChI is InChI=1S/C14H24N4O/c1-9(2)19-12-7-10(3)16-13(17-12)18-14(4,8-15)11-5-6-11/h7,9,11H,5-6,8,15H2,1-4H3,(H,16,17,18). The Hall–Kier alpha value is -1.36. The Labute approximate surface area is 115 Å². The van der Waals surface area contributed by atoms with Gasteiger partial charge in [-0.05, 0) is 46.5 Å². The van der Waals surface area contributed by atoms with Crippen molar-refractivity contribution in [3.63, 3.8) is 0 Å². The summed E-state index contributed by atoms with van der Waals surface area (Å²) in [6.45, 7) is 8.63. The van der Waals surface area contributed by atoms with Gasteiger partial charge in [-0.3, -0.25) is 0 Å². The second-order valence-corrected chi connectivity index (χ2v) is 5.86. The molecule has 0 radical (unpaired) electrons. The van der Waals surface area contributed by atoms with E-state index in [1.54, 1.807) is 0 Å². The Bertz CT molecular complexity index is 445. The summed E-state index contributed by atoms with van der Waals surface area (Å²) in [5.74, 6) is 1.84. The van der Waals surface area contributed by atoms with E-state index in [2.05, 4.69) is 22.2 Å². The molecule has 0 spiro atoms. The van der Waals surface area contributed by atoms with E-state index in [4.69, 9.17) is 10.5 Å². The molecule has 0 bridgehead atoms. The average molecular weight is 264 g/mol. The fraction of sp³-hybridized carbons (Fsp3) is 0.714. The maximum absolute atomic E-state index is 5.90. The molecular weight excluding hydrogens is 240 g/mol. The van der Waals surface area contributed by atoms with Crippen LogP contribution in [0.4, 0.5) is 5.95 Å². The third-order valence-electron chi connectivity index (χ3n) is 3.49. The third kappa shape index (κ3) is 3.56. The molecule has 3 N–H and O–H groups in total. The molecule has 1 aromatic heterocycles. The third-order valence-corrected chi connectivity index (χ3v) is 3.49. The van der Waals surface area contributed by atoms with Gasteiger partial charge in [-0.25, -0.2) is 4.98 Å². The zero-order valence-electron chi connectivity index (χ0n) is 12.2. The van der Waals surface area contributed by atoms with E-state index in [-0.39, 0.29) is 11.6 Å². The van der Waals surface area contributed by atoms with Crippen LogP contribution in [0.15, 0.2) is 6.07 Å². The van der Waals surface area contributed by atoms with Crippen molar-refractivity contribution < 1.29 is 4.74 Å². The maximum atomic E-state index is 5.90. The van der Waals surface area contributed by atoms with Crippen molar-refractivity contribution in [1.29, 1.82) is 0 Å². The van der Waals surface area contributed by atoms with E-state index in [9.17, 15) is 0 Å². The number of aromatic nitrogens is 2. The van der Waals surface area contributed by atoms with Crippen LogP contribution in [0, 0.1) is 12.8 Å². The van der Waals surface area contributed by atoms with E-state index < -0.39 is 0 Å². The SMILES string of the molecule is Cc1cc(OC(C)C)nc(NC(C)(CN)C2CC2)n1. The Morgan fingerprint density at radius 1 is 1.47 bits per heavy atom. The van der Waals surface area contributed by atoms with Gasteiger partial charge in [0.2, 0.25) is 11.8 Å². The summed E-state index contributed by atoms with van der Waals surface area (Å²) in [5.41, 5.74) is 6.67. The van der Waals surface area contributed by atoms with Gasteiger partial charge in [0.1, 0.15) is 0 Å². The lowest BCUT2D eigenvalue weighted by Gasteiger charge is -2.29. The molecule has 106 valence electrons. The molecule has 1 unspecified atom stereocenters. The molecule has 5 heteroatoms. The van der Waals surface area contributed by atoms with Crippen LogP contribution in [0.25, 0.3) is 0 Å². The van der Waals surface area contributed by atoms with Crippen molar-refractivity contribution >= 4 is 5.95 Å². The lowest BCUT2D eigenvalue weighted by atomic mass is 9.96. The minimum atomic E-state index is -0.122. The Balaban J connectivity index is 2.17. The van der Waals surface area contributed by atoms with Crippen molar-refractivity contribution in [1.82, 2.24) is 9.97 Å².